The quantitative estimate of drug-likeness (QED) is 0.0447. The van der Waals surface area contributed by atoms with Crippen molar-refractivity contribution in [2.75, 3.05) is 33.7 Å². The molecule has 0 N–H and O–H groups in total. The maximum absolute atomic E-state index is 5.94. The highest BCUT2D eigenvalue weighted by atomic mass is 16.5. The molecule has 0 heterocycles. The Kier molecular flexibility index (Phi) is 78.8. The minimum atomic E-state index is 0.694. The van der Waals surface area contributed by atoms with E-state index in [1.165, 1.54) is 462 Å². The predicted molar refractivity (Wildman–Crippen MR) is 373 cm³/mol. The van der Waals surface area contributed by atoms with Crippen LogP contribution >= 0.6 is 0 Å². The van der Waals surface area contributed by atoms with E-state index in [0.29, 0.717) is 13.5 Å². The standard InChI is InChI=1S/C79H161NO2/c1-4-6-8-10-12-14-16-18-20-22-24-26-28-30-32-34-36-38-40-42-44-46-48-50-52-54-56-58-60-62-64-66-68-70-72-74-76-81-78-80(3)79-82-77-75-73-71-69-67-65-63-61-59-57-55-53-51-49-47-45-43-41-39-37-35-33-31-29-27-25-23-21-19-17-15-13-11-9-7-5-2/h4-79H2,1-3H3. The monoisotopic (exact) mass is 1160 g/mol. The van der Waals surface area contributed by atoms with Crippen molar-refractivity contribution < 1.29 is 9.47 Å². The van der Waals surface area contributed by atoms with Crippen LogP contribution in [0.3, 0.4) is 0 Å². The summed E-state index contributed by atoms with van der Waals surface area (Å²) in [6.07, 6.45) is 105. The molecule has 0 aliphatic rings. The van der Waals surface area contributed by atoms with Crippen LogP contribution in [-0.2, 0) is 9.47 Å². The van der Waals surface area contributed by atoms with Gasteiger partial charge in [-0.3, -0.25) is 4.90 Å². The largest absolute Gasteiger partial charge is 0.366 e. The summed E-state index contributed by atoms with van der Waals surface area (Å²) in [5.74, 6) is 0. The first kappa shape index (κ1) is 81.9. The van der Waals surface area contributed by atoms with Crippen LogP contribution in [0.4, 0.5) is 0 Å². The molecule has 82 heavy (non-hydrogen) atoms. The highest BCUT2D eigenvalue weighted by Crippen LogP contribution is 2.21. The third-order valence-electron chi connectivity index (χ3n) is 18.9. The molecule has 0 rings (SSSR count). The summed E-state index contributed by atoms with van der Waals surface area (Å²) in [6.45, 7) is 7.80. The molecule has 0 aliphatic heterocycles. The van der Waals surface area contributed by atoms with E-state index >= 15 is 0 Å². The van der Waals surface area contributed by atoms with Gasteiger partial charge in [0.15, 0.2) is 0 Å². The second-order valence-corrected chi connectivity index (χ2v) is 27.7. The number of hydrogen-bond acceptors (Lipinski definition) is 3. The molecular weight excluding hydrogens is 995 g/mol. The van der Waals surface area contributed by atoms with Crippen molar-refractivity contribution in [2.45, 2.75) is 476 Å². The van der Waals surface area contributed by atoms with Crippen molar-refractivity contribution >= 4 is 0 Å². The highest BCUT2D eigenvalue weighted by Gasteiger charge is 2.03. The van der Waals surface area contributed by atoms with Crippen LogP contribution in [-0.4, -0.2) is 38.6 Å². The Morgan fingerprint density at radius 2 is 0.244 bits per heavy atom. The zero-order valence-corrected chi connectivity index (χ0v) is 58.0. The van der Waals surface area contributed by atoms with Gasteiger partial charge in [0.25, 0.3) is 0 Å². The number of hydrogen-bond donors (Lipinski definition) is 0. The Labute approximate surface area is 521 Å². The molecule has 0 aliphatic carbocycles. The van der Waals surface area contributed by atoms with Gasteiger partial charge in [0.1, 0.15) is 13.5 Å². The van der Waals surface area contributed by atoms with E-state index in [-0.39, 0.29) is 0 Å². The van der Waals surface area contributed by atoms with Gasteiger partial charge in [0, 0.05) is 13.2 Å². The molecule has 0 radical (unpaired) electrons. The van der Waals surface area contributed by atoms with E-state index < -0.39 is 0 Å². The summed E-state index contributed by atoms with van der Waals surface area (Å²) in [7, 11) is 2.12. The van der Waals surface area contributed by atoms with Gasteiger partial charge in [-0.05, 0) is 19.9 Å². The third kappa shape index (κ3) is 77.9. The van der Waals surface area contributed by atoms with Gasteiger partial charge in [-0.15, -0.1) is 0 Å². The van der Waals surface area contributed by atoms with Gasteiger partial charge in [-0.1, -0.05) is 463 Å². The Morgan fingerprint density at radius 1 is 0.146 bits per heavy atom. The fourth-order valence-electron chi connectivity index (χ4n) is 13.1. The Hall–Kier alpha value is -0.120. The summed E-state index contributed by atoms with van der Waals surface area (Å²) in [5.41, 5.74) is 0. The molecule has 0 aromatic carbocycles. The summed E-state index contributed by atoms with van der Waals surface area (Å²) in [4.78, 5) is 2.18. The fraction of sp³-hybridized carbons (Fsp3) is 1.00. The van der Waals surface area contributed by atoms with Crippen LogP contribution in [0, 0.1) is 0 Å². The molecule has 0 amide bonds. The van der Waals surface area contributed by atoms with E-state index in [4.69, 9.17) is 9.47 Å². The van der Waals surface area contributed by atoms with Gasteiger partial charge in [0.2, 0.25) is 0 Å². The van der Waals surface area contributed by atoms with Crippen LogP contribution in [0.1, 0.15) is 476 Å². The zero-order chi connectivity index (χ0) is 58.7. The van der Waals surface area contributed by atoms with Crippen LogP contribution in [0.25, 0.3) is 0 Å². The Morgan fingerprint density at radius 3 is 0.354 bits per heavy atom. The first-order valence-corrected chi connectivity index (χ1v) is 39.6. The molecule has 3 heteroatoms. The Bertz CT molecular complexity index is 968. The van der Waals surface area contributed by atoms with Crippen LogP contribution < -0.4 is 0 Å². The van der Waals surface area contributed by atoms with Crippen LogP contribution in [0.5, 0.6) is 0 Å². The highest BCUT2D eigenvalue weighted by molar-refractivity contribution is 4.57. The number of rotatable bonds is 78. The molecule has 3 nitrogen and oxygen atoms in total. The normalized spacial score (nSPS) is 11.9. The van der Waals surface area contributed by atoms with E-state index in [1.807, 2.05) is 0 Å². The van der Waals surface area contributed by atoms with Crippen molar-refractivity contribution in [3.8, 4) is 0 Å². The molecular formula is C79H161NO2. The summed E-state index contributed by atoms with van der Waals surface area (Å²) in [6, 6.07) is 0. The molecule has 0 aromatic heterocycles. The first-order valence-electron chi connectivity index (χ1n) is 39.6. The molecule has 0 unspecified atom stereocenters. The van der Waals surface area contributed by atoms with Gasteiger partial charge in [-0.2, -0.15) is 0 Å². The van der Waals surface area contributed by atoms with Crippen molar-refractivity contribution in [1.29, 1.82) is 0 Å². The summed E-state index contributed by atoms with van der Waals surface area (Å²) < 4.78 is 11.9. The lowest BCUT2D eigenvalue weighted by atomic mass is 10.0. The molecule has 0 saturated carbocycles. The zero-order valence-electron chi connectivity index (χ0n) is 58.0. The van der Waals surface area contributed by atoms with Crippen molar-refractivity contribution in [3.63, 3.8) is 0 Å². The molecule has 494 valence electrons. The SMILES string of the molecule is CCCCCCCCCCCCCCCCCCCCCCCCCCCCCCCCCCCCCCOCN(C)COCCCCCCCCCCCCCCCCCCCCCCCCCCCCCCCCCCCCCC. The lowest BCUT2D eigenvalue weighted by Gasteiger charge is -2.16. The number of ether oxygens (including phenoxy) is 2. The van der Waals surface area contributed by atoms with Gasteiger partial charge in [-0.25, -0.2) is 0 Å². The molecule has 0 spiro atoms. The van der Waals surface area contributed by atoms with E-state index in [0.717, 1.165) is 13.2 Å². The second-order valence-electron chi connectivity index (χ2n) is 27.7. The van der Waals surface area contributed by atoms with Gasteiger partial charge < -0.3 is 9.47 Å². The van der Waals surface area contributed by atoms with Crippen molar-refractivity contribution in [2.24, 2.45) is 0 Å². The van der Waals surface area contributed by atoms with E-state index in [1.54, 1.807) is 0 Å². The first-order chi connectivity index (χ1) is 40.8. The minimum absolute atomic E-state index is 0.694. The minimum Gasteiger partial charge on any atom is -0.366 e. The third-order valence-corrected chi connectivity index (χ3v) is 18.9. The maximum Gasteiger partial charge on any atom is 0.100 e. The van der Waals surface area contributed by atoms with Gasteiger partial charge in [0.05, 0.1) is 0 Å². The Balaban J connectivity index is 3.14. The molecule has 0 aromatic rings. The number of unbranched alkanes of at least 4 members (excludes halogenated alkanes) is 70. The fourth-order valence-corrected chi connectivity index (χ4v) is 13.1. The average molecular weight is 1160 g/mol. The van der Waals surface area contributed by atoms with Gasteiger partial charge >= 0.3 is 0 Å². The topological polar surface area (TPSA) is 21.7 Å². The lowest BCUT2D eigenvalue weighted by Crippen LogP contribution is -2.25. The molecule has 0 bridgehead atoms. The van der Waals surface area contributed by atoms with Crippen molar-refractivity contribution in [3.05, 3.63) is 0 Å². The van der Waals surface area contributed by atoms with Crippen LogP contribution in [0.2, 0.25) is 0 Å². The smallest absolute Gasteiger partial charge is 0.100 e. The van der Waals surface area contributed by atoms with Crippen LogP contribution in [0.15, 0.2) is 0 Å². The second kappa shape index (κ2) is 78.9. The molecule has 0 atom stereocenters. The maximum atomic E-state index is 5.94. The lowest BCUT2D eigenvalue weighted by molar-refractivity contribution is -0.0322. The van der Waals surface area contributed by atoms with Crippen molar-refractivity contribution in [1.82, 2.24) is 4.90 Å². The summed E-state index contributed by atoms with van der Waals surface area (Å²) >= 11 is 0. The molecule has 0 fully saturated rings. The average Bonchev–Trinajstić information content (AvgIpc) is 3.48. The van der Waals surface area contributed by atoms with E-state index in [2.05, 4.69) is 25.8 Å². The predicted octanol–water partition coefficient (Wildman–Crippen LogP) is 29.0. The van der Waals surface area contributed by atoms with E-state index in [9.17, 15) is 0 Å². The molecule has 0 saturated heterocycles. The summed E-state index contributed by atoms with van der Waals surface area (Å²) in [5, 5.41) is 0. The number of nitrogens with zero attached hydrogens (tertiary/aromatic N) is 1.